The summed E-state index contributed by atoms with van der Waals surface area (Å²) >= 11 is 0. The zero-order valence-corrected chi connectivity index (χ0v) is 8.43. The number of nitrogens with two attached hydrogens (primary N) is 1. The lowest BCUT2D eigenvalue weighted by Gasteiger charge is -2.17. The van der Waals surface area contributed by atoms with Crippen LogP contribution < -0.4 is 5.73 Å². The number of hydrogen-bond donors (Lipinski definition) is 1. The van der Waals surface area contributed by atoms with Crippen LogP contribution >= 0.6 is 0 Å². The summed E-state index contributed by atoms with van der Waals surface area (Å²) in [5, 5.41) is 0. The predicted octanol–water partition coefficient (Wildman–Crippen LogP) is 2.07. The molecule has 0 aromatic heterocycles. The predicted molar refractivity (Wildman–Crippen MR) is 53.5 cm³/mol. The van der Waals surface area contributed by atoms with E-state index in [1.54, 1.807) is 0 Å². The minimum atomic E-state index is 0.511. The molecule has 2 nitrogen and oxygen atoms in total. The van der Waals surface area contributed by atoms with Gasteiger partial charge in [-0.3, -0.25) is 0 Å². The lowest BCUT2D eigenvalue weighted by atomic mass is 10.0. The molecule has 76 valence electrons. The van der Waals surface area contributed by atoms with E-state index in [1.165, 1.54) is 44.9 Å². The van der Waals surface area contributed by atoms with Crippen molar-refractivity contribution in [1.29, 1.82) is 0 Å². The minimum absolute atomic E-state index is 0.511. The second-order valence-electron chi connectivity index (χ2n) is 4.76. The third kappa shape index (κ3) is 2.44. The topological polar surface area (TPSA) is 35.2 Å². The maximum atomic E-state index is 5.93. The van der Waals surface area contributed by atoms with Gasteiger partial charge in [-0.05, 0) is 44.1 Å². The molecule has 0 unspecified atom stereocenters. The van der Waals surface area contributed by atoms with Crippen LogP contribution in [0.5, 0.6) is 0 Å². The van der Waals surface area contributed by atoms with Gasteiger partial charge in [-0.25, -0.2) is 0 Å². The molecule has 13 heavy (non-hydrogen) atoms. The fourth-order valence-corrected chi connectivity index (χ4v) is 2.30. The van der Waals surface area contributed by atoms with E-state index >= 15 is 0 Å². The fourth-order valence-electron chi connectivity index (χ4n) is 2.30. The van der Waals surface area contributed by atoms with Crippen molar-refractivity contribution in [2.75, 3.05) is 13.2 Å². The van der Waals surface area contributed by atoms with Crippen molar-refractivity contribution < 1.29 is 4.74 Å². The van der Waals surface area contributed by atoms with Crippen LogP contribution in [0.1, 0.15) is 44.9 Å². The zero-order chi connectivity index (χ0) is 9.15. The largest absolute Gasteiger partial charge is 0.378 e. The maximum Gasteiger partial charge on any atom is 0.0575 e. The van der Waals surface area contributed by atoms with Crippen LogP contribution in [0.4, 0.5) is 0 Å². The molecular weight excluding hydrogens is 162 g/mol. The number of hydrogen-bond acceptors (Lipinski definition) is 2. The normalized spacial score (nSPS) is 26.5. The summed E-state index contributed by atoms with van der Waals surface area (Å²) in [6.45, 7) is 1.81. The monoisotopic (exact) mass is 183 g/mol. The average Bonchev–Trinajstić information content (AvgIpc) is 2.71. The van der Waals surface area contributed by atoms with Gasteiger partial charge in [0.15, 0.2) is 0 Å². The molecule has 0 amide bonds. The van der Waals surface area contributed by atoms with Crippen molar-refractivity contribution >= 4 is 0 Å². The first-order valence-corrected chi connectivity index (χ1v) is 5.66. The van der Waals surface area contributed by atoms with Crippen LogP contribution in [0.3, 0.4) is 0 Å². The molecule has 0 aliphatic heterocycles. The summed E-state index contributed by atoms with van der Waals surface area (Å²) < 4.78 is 5.93. The van der Waals surface area contributed by atoms with Gasteiger partial charge in [-0.1, -0.05) is 12.8 Å². The van der Waals surface area contributed by atoms with Crippen LogP contribution in [-0.4, -0.2) is 19.3 Å². The lowest BCUT2D eigenvalue weighted by molar-refractivity contribution is 0.0248. The van der Waals surface area contributed by atoms with Crippen LogP contribution in [0.15, 0.2) is 0 Å². The van der Waals surface area contributed by atoms with Crippen LogP contribution in [0.2, 0.25) is 0 Å². The van der Waals surface area contributed by atoms with E-state index in [0.29, 0.717) is 11.5 Å². The maximum absolute atomic E-state index is 5.93. The van der Waals surface area contributed by atoms with Gasteiger partial charge < -0.3 is 10.5 Å². The second-order valence-corrected chi connectivity index (χ2v) is 4.76. The first kappa shape index (κ1) is 9.47. The van der Waals surface area contributed by atoms with E-state index in [2.05, 4.69) is 0 Å². The Balaban J connectivity index is 1.66. The first-order valence-electron chi connectivity index (χ1n) is 5.66. The Morgan fingerprint density at radius 3 is 2.46 bits per heavy atom. The molecule has 2 aliphatic rings. The summed E-state index contributed by atoms with van der Waals surface area (Å²) in [6.07, 6.45) is 9.75. The number of rotatable bonds is 5. The summed E-state index contributed by atoms with van der Waals surface area (Å²) in [4.78, 5) is 0. The lowest BCUT2D eigenvalue weighted by Crippen LogP contribution is -2.19. The smallest absolute Gasteiger partial charge is 0.0575 e. The summed E-state index contributed by atoms with van der Waals surface area (Å²) in [7, 11) is 0. The molecule has 0 aromatic carbocycles. The van der Waals surface area contributed by atoms with Gasteiger partial charge in [0.1, 0.15) is 0 Å². The van der Waals surface area contributed by atoms with Crippen molar-refractivity contribution in [3.8, 4) is 0 Å². The van der Waals surface area contributed by atoms with Crippen LogP contribution in [0.25, 0.3) is 0 Å². The van der Waals surface area contributed by atoms with E-state index in [9.17, 15) is 0 Å². The third-order valence-corrected chi connectivity index (χ3v) is 3.56. The standard InChI is InChI=1S/C11H21NO/c12-8-7-11(5-6-11)9-13-10-3-1-2-4-10/h10H,1-9,12H2. The van der Waals surface area contributed by atoms with E-state index in [0.717, 1.165) is 13.2 Å². The van der Waals surface area contributed by atoms with Crippen molar-refractivity contribution in [3.05, 3.63) is 0 Å². The molecule has 0 aromatic rings. The molecule has 0 bridgehead atoms. The fraction of sp³-hybridized carbons (Fsp3) is 1.00. The van der Waals surface area contributed by atoms with E-state index in [4.69, 9.17) is 10.5 Å². The Morgan fingerprint density at radius 1 is 1.23 bits per heavy atom. The van der Waals surface area contributed by atoms with Gasteiger partial charge >= 0.3 is 0 Å². The van der Waals surface area contributed by atoms with Crippen molar-refractivity contribution in [1.82, 2.24) is 0 Å². The highest BCUT2D eigenvalue weighted by atomic mass is 16.5. The Hall–Kier alpha value is -0.0800. The van der Waals surface area contributed by atoms with E-state index in [-0.39, 0.29) is 0 Å². The van der Waals surface area contributed by atoms with E-state index < -0.39 is 0 Å². The van der Waals surface area contributed by atoms with Gasteiger partial charge in [-0.15, -0.1) is 0 Å². The molecular formula is C11H21NO. The van der Waals surface area contributed by atoms with Gasteiger partial charge in [0.05, 0.1) is 12.7 Å². The quantitative estimate of drug-likeness (QED) is 0.708. The molecule has 0 saturated heterocycles. The Kier molecular flexibility index (Phi) is 2.89. The Bertz CT molecular complexity index is 159. The van der Waals surface area contributed by atoms with Crippen molar-refractivity contribution in [2.45, 2.75) is 51.0 Å². The van der Waals surface area contributed by atoms with E-state index in [1.807, 2.05) is 0 Å². The first-order chi connectivity index (χ1) is 6.35. The molecule has 0 atom stereocenters. The van der Waals surface area contributed by atoms with Gasteiger partial charge in [0.25, 0.3) is 0 Å². The van der Waals surface area contributed by atoms with Crippen molar-refractivity contribution in [2.24, 2.45) is 11.1 Å². The molecule has 2 saturated carbocycles. The Labute approximate surface area is 80.8 Å². The molecule has 2 aliphatic carbocycles. The SMILES string of the molecule is NCCC1(COC2CCCC2)CC1. The molecule has 0 radical (unpaired) electrons. The highest BCUT2D eigenvalue weighted by Crippen LogP contribution is 2.49. The third-order valence-electron chi connectivity index (χ3n) is 3.56. The van der Waals surface area contributed by atoms with Gasteiger partial charge in [0.2, 0.25) is 0 Å². The molecule has 2 heteroatoms. The van der Waals surface area contributed by atoms with Gasteiger partial charge in [0, 0.05) is 0 Å². The molecule has 2 rings (SSSR count). The summed E-state index contributed by atoms with van der Waals surface area (Å²) in [5.41, 5.74) is 6.09. The minimum Gasteiger partial charge on any atom is -0.378 e. The Morgan fingerprint density at radius 2 is 1.92 bits per heavy atom. The molecule has 0 spiro atoms. The number of ether oxygens (including phenoxy) is 1. The molecule has 2 fully saturated rings. The molecule has 2 N–H and O–H groups in total. The summed E-state index contributed by atoms with van der Waals surface area (Å²) in [6, 6.07) is 0. The van der Waals surface area contributed by atoms with Gasteiger partial charge in [-0.2, -0.15) is 0 Å². The van der Waals surface area contributed by atoms with Crippen LogP contribution in [0, 0.1) is 5.41 Å². The van der Waals surface area contributed by atoms with Crippen molar-refractivity contribution in [3.63, 3.8) is 0 Å². The summed E-state index contributed by atoms with van der Waals surface area (Å²) in [5.74, 6) is 0. The zero-order valence-electron chi connectivity index (χ0n) is 8.43. The second kappa shape index (κ2) is 3.97. The average molecular weight is 183 g/mol. The van der Waals surface area contributed by atoms with Crippen LogP contribution in [-0.2, 0) is 4.74 Å². The molecule has 0 heterocycles. The highest BCUT2D eigenvalue weighted by Gasteiger charge is 2.42. The highest BCUT2D eigenvalue weighted by molar-refractivity contribution is 4.93.